The topological polar surface area (TPSA) is 66.6 Å². The summed E-state index contributed by atoms with van der Waals surface area (Å²) in [5.41, 5.74) is 7.01. The van der Waals surface area contributed by atoms with Crippen LogP contribution in [0.25, 0.3) is 0 Å². The smallest absolute Gasteiger partial charge is 0.146 e. The molecule has 0 saturated carbocycles. The number of hydrogen-bond donors (Lipinski definition) is 2. The van der Waals surface area contributed by atoms with Gasteiger partial charge in [-0.15, -0.1) is 0 Å². The number of benzene rings is 1. The van der Waals surface area contributed by atoms with Gasteiger partial charge in [0.1, 0.15) is 5.78 Å². The Morgan fingerprint density at radius 2 is 2.11 bits per heavy atom. The SMILES string of the molecule is CC(=O)C1CC(CO)C(CN)N1Cc1ccccc1. The van der Waals surface area contributed by atoms with Crippen LogP contribution in [0.5, 0.6) is 0 Å². The minimum Gasteiger partial charge on any atom is -0.396 e. The van der Waals surface area contributed by atoms with Gasteiger partial charge in [-0.3, -0.25) is 9.69 Å². The Bertz CT molecular complexity index is 421. The van der Waals surface area contributed by atoms with E-state index >= 15 is 0 Å². The van der Waals surface area contributed by atoms with Crippen LogP contribution < -0.4 is 5.73 Å². The maximum atomic E-state index is 11.8. The number of aliphatic hydroxyl groups is 1. The highest BCUT2D eigenvalue weighted by Gasteiger charge is 2.41. The van der Waals surface area contributed by atoms with Crippen LogP contribution >= 0.6 is 0 Å². The molecule has 2 rings (SSSR count). The van der Waals surface area contributed by atoms with Crippen molar-refractivity contribution in [2.75, 3.05) is 13.2 Å². The molecule has 4 heteroatoms. The van der Waals surface area contributed by atoms with Crippen molar-refractivity contribution in [1.29, 1.82) is 0 Å². The predicted octanol–water partition coefficient (Wildman–Crippen LogP) is 0.786. The Morgan fingerprint density at radius 3 is 2.63 bits per heavy atom. The van der Waals surface area contributed by atoms with Crippen LogP contribution in [-0.4, -0.2) is 41.0 Å². The molecule has 1 fully saturated rings. The molecule has 1 aliphatic rings. The van der Waals surface area contributed by atoms with E-state index in [-0.39, 0.29) is 30.4 Å². The Kier molecular flexibility index (Phi) is 4.69. The highest BCUT2D eigenvalue weighted by Crippen LogP contribution is 2.31. The molecule has 0 radical (unpaired) electrons. The van der Waals surface area contributed by atoms with Crippen molar-refractivity contribution < 1.29 is 9.90 Å². The summed E-state index contributed by atoms with van der Waals surface area (Å²) in [5.74, 6) is 0.257. The van der Waals surface area contributed by atoms with E-state index in [9.17, 15) is 9.90 Å². The highest BCUT2D eigenvalue weighted by molar-refractivity contribution is 5.81. The van der Waals surface area contributed by atoms with E-state index in [0.29, 0.717) is 19.5 Å². The van der Waals surface area contributed by atoms with Crippen molar-refractivity contribution >= 4 is 5.78 Å². The molecule has 19 heavy (non-hydrogen) atoms. The predicted molar refractivity (Wildman–Crippen MR) is 74.5 cm³/mol. The van der Waals surface area contributed by atoms with Crippen molar-refractivity contribution in [3.8, 4) is 0 Å². The number of likely N-dealkylation sites (tertiary alicyclic amines) is 1. The Labute approximate surface area is 114 Å². The van der Waals surface area contributed by atoms with Crippen LogP contribution in [0.3, 0.4) is 0 Å². The van der Waals surface area contributed by atoms with Gasteiger partial charge in [-0.2, -0.15) is 0 Å². The molecule has 0 spiro atoms. The number of ketones is 1. The zero-order valence-electron chi connectivity index (χ0n) is 11.3. The van der Waals surface area contributed by atoms with E-state index in [1.165, 1.54) is 5.56 Å². The standard InChI is InChI=1S/C15H22N2O2/c1-11(19)14-7-13(10-18)15(8-16)17(14)9-12-5-3-2-4-6-12/h2-6,13-15,18H,7-10,16H2,1H3. The van der Waals surface area contributed by atoms with Crippen LogP contribution in [-0.2, 0) is 11.3 Å². The highest BCUT2D eigenvalue weighted by atomic mass is 16.3. The van der Waals surface area contributed by atoms with Gasteiger partial charge in [0.15, 0.2) is 0 Å². The molecule has 1 aromatic carbocycles. The lowest BCUT2D eigenvalue weighted by atomic mass is 9.99. The summed E-state index contributed by atoms with van der Waals surface area (Å²) in [6, 6.07) is 10.0. The second-order valence-electron chi connectivity index (χ2n) is 5.27. The van der Waals surface area contributed by atoms with Crippen molar-refractivity contribution in [3.63, 3.8) is 0 Å². The van der Waals surface area contributed by atoms with E-state index in [2.05, 4.69) is 17.0 Å². The van der Waals surface area contributed by atoms with Crippen LogP contribution in [0.2, 0.25) is 0 Å². The first kappa shape index (κ1) is 14.2. The third kappa shape index (κ3) is 3.03. The van der Waals surface area contributed by atoms with Gasteiger partial charge in [0.05, 0.1) is 6.04 Å². The van der Waals surface area contributed by atoms with Gasteiger partial charge in [0.25, 0.3) is 0 Å². The van der Waals surface area contributed by atoms with Gasteiger partial charge in [-0.05, 0) is 18.9 Å². The van der Waals surface area contributed by atoms with Gasteiger partial charge in [-0.25, -0.2) is 0 Å². The number of Topliss-reactive ketones (excluding diaryl/α,β-unsaturated/α-hetero) is 1. The molecule has 104 valence electrons. The molecule has 0 amide bonds. The number of rotatable bonds is 5. The van der Waals surface area contributed by atoms with E-state index < -0.39 is 0 Å². The maximum Gasteiger partial charge on any atom is 0.146 e. The summed E-state index contributed by atoms with van der Waals surface area (Å²) in [6.07, 6.45) is 0.709. The average Bonchev–Trinajstić information content (AvgIpc) is 2.77. The molecule has 0 aromatic heterocycles. The molecule has 1 aliphatic heterocycles. The number of carbonyl (C=O) groups excluding carboxylic acids is 1. The summed E-state index contributed by atoms with van der Waals surface area (Å²) in [6.45, 7) is 2.90. The number of carbonyl (C=O) groups is 1. The summed E-state index contributed by atoms with van der Waals surface area (Å²) in [4.78, 5) is 14.0. The molecule has 3 atom stereocenters. The second-order valence-corrected chi connectivity index (χ2v) is 5.27. The first-order chi connectivity index (χ1) is 9.17. The van der Waals surface area contributed by atoms with Crippen LogP contribution in [0, 0.1) is 5.92 Å². The van der Waals surface area contributed by atoms with Crippen LogP contribution in [0.15, 0.2) is 30.3 Å². The number of nitrogens with zero attached hydrogens (tertiary/aromatic N) is 1. The molecule has 4 nitrogen and oxygen atoms in total. The fourth-order valence-corrected chi connectivity index (χ4v) is 3.03. The molecule has 3 unspecified atom stereocenters. The Balaban J connectivity index is 2.20. The monoisotopic (exact) mass is 262 g/mol. The van der Waals surface area contributed by atoms with E-state index in [1.807, 2.05) is 18.2 Å². The first-order valence-electron chi connectivity index (χ1n) is 6.78. The molecule has 1 saturated heterocycles. The molecule has 0 aliphatic carbocycles. The zero-order valence-corrected chi connectivity index (χ0v) is 11.3. The van der Waals surface area contributed by atoms with E-state index in [4.69, 9.17) is 5.73 Å². The fourth-order valence-electron chi connectivity index (χ4n) is 3.03. The lowest BCUT2D eigenvalue weighted by Gasteiger charge is -2.29. The normalized spacial score (nSPS) is 27.6. The number of nitrogens with two attached hydrogens (primary N) is 1. The largest absolute Gasteiger partial charge is 0.396 e. The molecule has 1 heterocycles. The first-order valence-corrected chi connectivity index (χ1v) is 6.78. The van der Waals surface area contributed by atoms with Gasteiger partial charge in [0, 0.05) is 31.7 Å². The molecular weight excluding hydrogens is 240 g/mol. The molecular formula is C15H22N2O2. The molecule has 0 bridgehead atoms. The van der Waals surface area contributed by atoms with Crippen molar-refractivity contribution in [2.24, 2.45) is 11.7 Å². The van der Waals surface area contributed by atoms with E-state index in [0.717, 1.165) is 0 Å². The summed E-state index contributed by atoms with van der Waals surface area (Å²) >= 11 is 0. The molecule has 3 N–H and O–H groups in total. The van der Waals surface area contributed by atoms with Gasteiger partial charge in [0.2, 0.25) is 0 Å². The average molecular weight is 262 g/mol. The summed E-state index contributed by atoms with van der Waals surface area (Å²) in [5, 5.41) is 9.46. The lowest BCUT2D eigenvalue weighted by molar-refractivity contribution is -0.121. The minimum absolute atomic E-state index is 0.0825. The third-order valence-electron chi connectivity index (χ3n) is 4.05. The summed E-state index contributed by atoms with van der Waals surface area (Å²) in [7, 11) is 0. The van der Waals surface area contributed by atoms with Crippen LogP contribution in [0.4, 0.5) is 0 Å². The van der Waals surface area contributed by atoms with Crippen molar-refractivity contribution in [3.05, 3.63) is 35.9 Å². The fraction of sp³-hybridized carbons (Fsp3) is 0.533. The van der Waals surface area contributed by atoms with Crippen molar-refractivity contribution in [2.45, 2.75) is 32.0 Å². The lowest BCUT2D eigenvalue weighted by Crippen LogP contribution is -2.44. The van der Waals surface area contributed by atoms with Crippen molar-refractivity contribution in [1.82, 2.24) is 4.90 Å². The Morgan fingerprint density at radius 1 is 1.42 bits per heavy atom. The number of hydrogen-bond acceptors (Lipinski definition) is 4. The Hall–Kier alpha value is -1.23. The maximum absolute atomic E-state index is 11.8. The van der Waals surface area contributed by atoms with Gasteiger partial charge in [-0.1, -0.05) is 30.3 Å². The van der Waals surface area contributed by atoms with Crippen LogP contribution in [0.1, 0.15) is 18.9 Å². The van der Waals surface area contributed by atoms with Gasteiger partial charge >= 0.3 is 0 Å². The van der Waals surface area contributed by atoms with Gasteiger partial charge < -0.3 is 10.8 Å². The van der Waals surface area contributed by atoms with E-state index in [1.54, 1.807) is 6.92 Å². The second kappa shape index (κ2) is 6.28. The molecule has 1 aromatic rings. The zero-order chi connectivity index (χ0) is 13.8. The minimum atomic E-state index is -0.120. The quantitative estimate of drug-likeness (QED) is 0.823. The number of aliphatic hydroxyl groups excluding tert-OH is 1. The summed E-state index contributed by atoms with van der Waals surface area (Å²) < 4.78 is 0. The third-order valence-corrected chi connectivity index (χ3v) is 4.05.